The van der Waals surface area contributed by atoms with Gasteiger partial charge in [0.2, 0.25) is 5.22 Å². The van der Waals surface area contributed by atoms with E-state index >= 15 is 0 Å². The van der Waals surface area contributed by atoms with Gasteiger partial charge in [-0.25, -0.2) is 0 Å². The van der Waals surface area contributed by atoms with Gasteiger partial charge in [-0.05, 0) is 30.5 Å². The molecule has 0 N–H and O–H groups in total. The van der Waals surface area contributed by atoms with Gasteiger partial charge in [-0.1, -0.05) is 20.3 Å². The summed E-state index contributed by atoms with van der Waals surface area (Å²) >= 11 is 5.79. The third-order valence-corrected chi connectivity index (χ3v) is 3.04. The molecule has 1 unspecified atom stereocenters. The lowest BCUT2D eigenvalue weighted by Crippen LogP contribution is -2.34. The highest BCUT2D eigenvalue weighted by Gasteiger charge is 2.20. The van der Waals surface area contributed by atoms with Crippen molar-refractivity contribution >= 4 is 17.5 Å². The molecule has 1 rings (SSSR count). The van der Waals surface area contributed by atoms with Crippen LogP contribution in [0.1, 0.15) is 37.6 Å². The van der Waals surface area contributed by atoms with Gasteiger partial charge in [0.1, 0.15) is 0 Å². The SMILES string of the molecule is CCC(C)CN(CC)C(=O)c1ccoc1Cl. The highest BCUT2D eigenvalue weighted by Crippen LogP contribution is 2.19. The molecule has 0 aliphatic rings. The predicted octanol–water partition coefficient (Wildman–Crippen LogP) is 3.44. The smallest absolute Gasteiger partial charge is 0.258 e. The molecule has 3 nitrogen and oxygen atoms in total. The summed E-state index contributed by atoms with van der Waals surface area (Å²) in [6, 6.07) is 1.62. The number of amides is 1. The first-order valence-electron chi connectivity index (χ1n) is 5.62. The van der Waals surface area contributed by atoms with Crippen molar-refractivity contribution in [3.05, 3.63) is 23.1 Å². The Kier molecular flexibility index (Phi) is 4.87. The zero-order valence-electron chi connectivity index (χ0n) is 10.00. The fraction of sp³-hybridized carbons (Fsp3) is 0.583. The molecule has 0 aliphatic carbocycles. The Bertz CT molecular complexity index is 349. The third-order valence-electron chi connectivity index (χ3n) is 2.75. The van der Waals surface area contributed by atoms with E-state index in [-0.39, 0.29) is 11.1 Å². The van der Waals surface area contributed by atoms with Gasteiger partial charge < -0.3 is 9.32 Å². The van der Waals surface area contributed by atoms with Crippen LogP contribution in [0.4, 0.5) is 0 Å². The van der Waals surface area contributed by atoms with Crippen LogP contribution in [0.3, 0.4) is 0 Å². The molecule has 0 aromatic carbocycles. The molecule has 0 saturated heterocycles. The Morgan fingerprint density at radius 2 is 2.25 bits per heavy atom. The topological polar surface area (TPSA) is 33.5 Å². The third kappa shape index (κ3) is 3.01. The van der Waals surface area contributed by atoms with E-state index in [1.807, 2.05) is 6.92 Å². The maximum atomic E-state index is 12.1. The summed E-state index contributed by atoms with van der Waals surface area (Å²) in [4.78, 5) is 13.9. The molecule has 1 heterocycles. The predicted molar refractivity (Wildman–Crippen MR) is 64.8 cm³/mol. The number of furan rings is 1. The van der Waals surface area contributed by atoms with Crippen LogP contribution in [-0.4, -0.2) is 23.9 Å². The van der Waals surface area contributed by atoms with Gasteiger partial charge in [-0.3, -0.25) is 4.79 Å². The number of halogens is 1. The standard InChI is InChI=1S/C12H18ClNO2/c1-4-9(3)8-14(5-2)12(15)10-6-7-16-11(10)13/h6-7,9H,4-5,8H2,1-3H3. The lowest BCUT2D eigenvalue weighted by atomic mass is 10.1. The molecule has 1 aromatic heterocycles. The molecule has 1 atom stereocenters. The van der Waals surface area contributed by atoms with Crippen LogP contribution in [-0.2, 0) is 0 Å². The summed E-state index contributed by atoms with van der Waals surface area (Å²) in [6.07, 6.45) is 2.50. The van der Waals surface area contributed by atoms with Gasteiger partial charge in [0.25, 0.3) is 5.91 Å². The number of hydrogen-bond donors (Lipinski definition) is 0. The lowest BCUT2D eigenvalue weighted by Gasteiger charge is -2.23. The normalized spacial score (nSPS) is 12.5. The lowest BCUT2D eigenvalue weighted by molar-refractivity contribution is 0.0740. The fourth-order valence-electron chi connectivity index (χ4n) is 1.48. The van der Waals surface area contributed by atoms with E-state index < -0.39 is 0 Å². The summed E-state index contributed by atoms with van der Waals surface area (Å²) < 4.78 is 4.93. The number of carbonyl (C=O) groups is 1. The Morgan fingerprint density at radius 3 is 2.69 bits per heavy atom. The van der Waals surface area contributed by atoms with Crippen LogP contribution in [0.25, 0.3) is 0 Å². The maximum Gasteiger partial charge on any atom is 0.258 e. The van der Waals surface area contributed by atoms with E-state index in [9.17, 15) is 4.79 Å². The first-order chi connectivity index (χ1) is 7.60. The Balaban J connectivity index is 2.74. The quantitative estimate of drug-likeness (QED) is 0.794. The second kappa shape index (κ2) is 5.94. The van der Waals surface area contributed by atoms with E-state index in [0.29, 0.717) is 18.0 Å². The summed E-state index contributed by atoms with van der Waals surface area (Å²) in [5.41, 5.74) is 0.451. The molecular weight excluding hydrogens is 226 g/mol. The monoisotopic (exact) mass is 243 g/mol. The second-order valence-corrected chi connectivity index (χ2v) is 4.31. The first kappa shape index (κ1) is 13.1. The van der Waals surface area contributed by atoms with E-state index in [0.717, 1.165) is 13.0 Å². The minimum absolute atomic E-state index is 0.0541. The summed E-state index contributed by atoms with van der Waals surface area (Å²) in [5.74, 6) is 0.441. The summed E-state index contributed by atoms with van der Waals surface area (Å²) in [5, 5.41) is 0.174. The van der Waals surface area contributed by atoms with E-state index in [1.54, 1.807) is 11.0 Å². The number of rotatable bonds is 5. The molecule has 0 spiro atoms. The van der Waals surface area contributed by atoms with Crippen LogP contribution in [0.15, 0.2) is 16.7 Å². The van der Waals surface area contributed by atoms with Crippen molar-refractivity contribution in [2.24, 2.45) is 5.92 Å². The van der Waals surface area contributed by atoms with Gasteiger partial charge in [0.15, 0.2) is 0 Å². The second-order valence-electron chi connectivity index (χ2n) is 3.97. The number of hydrogen-bond acceptors (Lipinski definition) is 2. The Morgan fingerprint density at radius 1 is 1.56 bits per heavy atom. The Hall–Kier alpha value is -0.960. The first-order valence-corrected chi connectivity index (χ1v) is 6.00. The molecule has 1 aromatic rings. The minimum atomic E-state index is -0.0541. The average molecular weight is 244 g/mol. The van der Waals surface area contributed by atoms with Gasteiger partial charge in [0.05, 0.1) is 11.8 Å². The molecule has 16 heavy (non-hydrogen) atoms. The van der Waals surface area contributed by atoms with Gasteiger partial charge >= 0.3 is 0 Å². The summed E-state index contributed by atoms with van der Waals surface area (Å²) in [6.45, 7) is 7.66. The van der Waals surface area contributed by atoms with E-state index in [4.69, 9.17) is 16.0 Å². The maximum absolute atomic E-state index is 12.1. The molecule has 4 heteroatoms. The average Bonchev–Trinajstić information content (AvgIpc) is 2.71. The Labute approximate surface area is 101 Å². The number of carbonyl (C=O) groups excluding carboxylic acids is 1. The van der Waals surface area contributed by atoms with Crippen molar-refractivity contribution in [1.29, 1.82) is 0 Å². The van der Waals surface area contributed by atoms with Gasteiger partial charge in [-0.2, -0.15) is 0 Å². The fourth-order valence-corrected chi connectivity index (χ4v) is 1.67. The van der Waals surface area contributed by atoms with Crippen LogP contribution >= 0.6 is 11.6 Å². The van der Waals surface area contributed by atoms with Crippen molar-refractivity contribution in [3.8, 4) is 0 Å². The van der Waals surface area contributed by atoms with Crippen molar-refractivity contribution < 1.29 is 9.21 Å². The zero-order valence-corrected chi connectivity index (χ0v) is 10.8. The zero-order chi connectivity index (χ0) is 12.1. The van der Waals surface area contributed by atoms with Crippen LogP contribution in [0, 0.1) is 5.92 Å². The van der Waals surface area contributed by atoms with Crippen LogP contribution < -0.4 is 0 Å². The molecule has 0 fully saturated rings. The van der Waals surface area contributed by atoms with Crippen molar-refractivity contribution in [3.63, 3.8) is 0 Å². The van der Waals surface area contributed by atoms with Gasteiger partial charge in [0, 0.05) is 13.1 Å². The molecule has 90 valence electrons. The van der Waals surface area contributed by atoms with E-state index in [2.05, 4.69) is 13.8 Å². The molecule has 0 bridgehead atoms. The molecule has 1 amide bonds. The van der Waals surface area contributed by atoms with Crippen molar-refractivity contribution in [2.75, 3.05) is 13.1 Å². The van der Waals surface area contributed by atoms with Crippen LogP contribution in [0.2, 0.25) is 5.22 Å². The van der Waals surface area contributed by atoms with Crippen molar-refractivity contribution in [1.82, 2.24) is 4.90 Å². The van der Waals surface area contributed by atoms with E-state index in [1.165, 1.54) is 6.26 Å². The minimum Gasteiger partial charge on any atom is -0.452 e. The van der Waals surface area contributed by atoms with Gasteiger partial charge in [-0.15, -0.1) is 0 Å². The summed E-state index contributed by atoms with van der Waals surface area (Å²) in [7, 11) is 0. The number of nitrogens with zero attached hydrogens (tertiary/aromatic N) is 1. The largest absolute Gasteiger partial charge is 0.452 e. The molecule has 0 radical (unpaired) electrons. The molecule has 0 saturated carbocycles. The molecule has 0 aliphatic heterocycles. The highest BCUT2D eigenvalue weighted by molar-refractivity contribution is 6.32. The van der Waals surface area contributed by atoms with Crippen molar-refractivity contribution in [2.45, 2.75) is 27.2 Å². The molecular formula is C12H18ClNO2. The highest BCUT2D eigenvalue weighted by atomic mass is 35.5. The van der Waals surface area contributed by atoms with Crippen LogP contribution in [0.5, 0.6) is 0 Å².